The van der Waals surface area contributed by atoms with E-state index in [1.165, 1.54) is 12.8 Å². The Labute approximate surface area is 62.7 Å². The number of rotatable bonds is 2. The topological polar surface area (TPSA) is 35.2 Å². The molecular formula is C8H17NO. The highest BCUT2D eigenvalue weighted by Crippen LogP contribution is 2.21. The van der Waals surface area contributed by atoms with Crippen molar-refractivity contribution in [3.05, 3.63) is 0 Å². The fourth-order valence-electron chi connectivity index (χ4n) is 1.62. The molecule has 1 aliphatic heterocycles. The average molecular weight is 143 g/mol. The van der Waals surface area contributed by atoms with Crippen molar-refractivity contribution in [2.24, 2.45) is 11.7 Å². The summed E-state index contributed by atoms with van der Waals surface area (Å²) in [4.78, 5) is 0. The SMILES string of the molecule is CCC1OCCCC1CN. The van der Waals surface area contributed by atoms with Crippen LogP contribution in [-0.4, -0.2) is 19.3 Å². The predicted molar refractivity (Wildman–Crippen MR) is 41.8 cm³/mol. The summed E-state index contributed by atoms with van der Waals surface area (Å²) in [5, 5.41) is 0. The molecule has 2 atom stereocenters. The van der Waals surface area contributed by atoms with Crippen LogP contribution < -0.4 is 5.73 Å². The molecule has 2 heteroatoms. The van der Waals surface area contributed by atoms with Crippen molar-refractivity contribution in [2.45, 2.75) is 32.3 Å². The minimum absolute atomic E-state index is 0.443. The van der Waals surface area contributed by atoms with Gasteiger partial charge in [-0.15, -0.1) is 0 Å². The third-order valence-corrected chi connectivity index (χ3v) is 2.28. The Morgan fingerprint density at radius 1 is 1.60 bits per heavy atom. The van der Waals surface area contributed by atoms with Crippen molar-refractivity contribution in [2.75, 3.05) is 13.2 Å². The highest BCUT2D eigenvalue weighted by molar-refractivity contribution is 4.73. The number of hydrogen-bond acceptors (Lipinski definition) is 2. The van der Waals surface area contributed by atoms with Crippen molar-refractivity contribution < 1.29 is 4.74 Å². The van der Waals surface area contributed by atoms with E-state index in [1.807, 2.05) is 0 Å². The van der Waals surface area contributed by atoms with Gasteiger partial charge in [0.15, 0.2) is 0 Å². The van der Waals surface area contributed by atoms with Gasteiger partial charge in [0.25, 0.3) is 0 Å². The normalized spacial score (nSPS) is 34.2. The fourth-order valence-corrected chi connectivity index (χ4v) is 1.62. The Morgan fingerprint density at radius 3 is 2.90 bits per heavy atom. The van der Waals surface area contributed by atoms with Gasteiger partial charge in [-0.1, -0.05) is 6.92 Å². The van der Waals surface area contributed by atoms with Crippen molar-refractivity contribution in [1.82, 2.24) is 0 Å². The van der Waals surface area contributed by atoms with Gasteiger partial charge in [0.1, 0.15) is 0 Å². The van der Waals surface area contributed by atoms with E-state index in [-0.39, 0.29) is 0 Å². The highest BCUT2D eigenvalue weighted by atomic mass is 16.5. The molecule has 1 rings (SSSR count). The van der Waals surface area contributed by atoms with Crippen LogP contribution in [0, 0.1) is 5.92 Å². The first-order valence-corrected chi connectivity index (χ1v) is 4.20. The number of nitrogens with two attached hydrogens (primary N) is 1. The molecule has 0 aromatic heterocycles. The van der Waals surface area contributed by atoms with E-state index < -0.39 is 0 Å². The van der Waals surface area contributed by atoms with Gasteiger partial charge in [-0.05, 0) is 31.7 Å². The molecule has 60 valence electrons. The maximum Gasteiger partial charge on any atom is 0.0612 e. The van der Waals surface area contributed by atoms with Crippen LogP contribution in [0.15, 0.2) is 0 Å². The van der Waals surface area contributed by atoms with Gasteiger partial charge in [0.2, 0.25) is 0 Å². The first-order valence-electron chi connectivity index (χ1n) is 4.20. The quantitative estimate of drug-likeness (QED) is 0.629. The van der Waals surface area contributed by atoms with E-state index in [9.17, 15) is 0 Å². The largest absolute Gasteiger partial charge is 0.378 e. The monoisotopic (exact) mass is 143 g/mol. The second-order valence-electron chi connectivity index (χ2n) is 2.96. The summed E-state index contributed by atoms with van der Waals surface area (Å²) in [6.45, 7) is 3.90. The molecule has 0 aliphatic carbocycles. The summed E-state index contributed by atoms with van der Waals surface area (Å²) in [5.41, 5.74) is 5.59. The maximum atomic E-state index is 5.59. The molecule has 0 amide bonds. The van der Waals surface area contributed by atoms with Gasteiger partial charge in [-0.3, -0.25) is 0 Å². The molecule has 2 nitrogen and oxygen atoms in total. The van der Waals surface area contributed by atoms with Crippen molar-refractivity contribution in [3.8, 4) is 0 Å². The van der Waals surface area contributed by atoms with Gasteiger partial charge < -0.3 is 10.5 Å². The third kappa shape index (κ3) is 1.70. The molecular weight excluding hydrogens is 126 g/mol. The molecule has 0 aromatic carbocycles. The second-order valence-corrected chi connectivity index (χ2v) is 2.96. The average Bonchev–Trinajstić information content (AvgIpc) is 2.04. The standard InChI is InChI=1S/C8H17NO/c1-2-8-7(6-9)4-3-5-10-8/h7-8H,2-6,9H2,1H3. The van der Waals surface area contributed by atoms with Crippen molar-refractivity contribution >= 4 is 0 Å². The summed E-state index contributed by atoms with van der Waals surface area (Å²) in [6.07, 6.45) is 4.01. The van der Waals surface area contributed by atoms with Crippen molar-refractivity contribution in [3.63, 3.8) is 0 Å². The van der Waals surface area contributed by atoms with Gasteiger partial charge in [0.05, 0.1) is 6.10 Å². The first kappa shape index (κ1) is 8.02. The number of ether oxygens (including phenoxy) is 1. The van der Waals surface area contributed by atoms with E-state index >= 15 is 0 Å². The van der Waals surface area contributed by atoms with Crippen LogP contribution in [0.4, 0.5) is 0 Å². The molecule has 1 aliphatic rings. The minimum atomic E-state index is 0.443. The third-order valence-electron chi connectivity index (χ3n) is 2.28. The molecule has 0 aromatic rings. The molecule has 0 bridgehead atoms. The maximum absolute atomic E-state index is 5.59. The molecule has 1 fully saturated rings. The Bertz CT molecular complexity index is 83.3. The van der Waals surface area contributed by atoms with Crippen LogP contribution in [0.25, 0.3) is 0 Å². The predicted octanol–water partition coefficient (Wildman–Crippen LogP) is 1.15. The van der Waals surface area contributed by atoms with Gasteiger partial charge in [0, 0.05) is 6.61 Å². The van der Waals surface area contributed by atoms with E-state index in [1.54, 1.807) is 0 Å². The Morgan fingerprint density at radius 2 is 2.40 bits per heavy atom. The van der Waals surface area contributed by atoms with Crippen LogP contribution in [-0.2, 0) is 4.74 Å². The van der Waals surface area contributed by atoms with Gasteiger partial charge in [-0.25, -0.2) is 0 Å². The lowest BCUT2D eigenvalue weighted by Crippen LogP contribution is -2.33. The Kier molecular flexibility index (Phi) is 3.16. The zero-order valence-corrected chi connectivity index (χ0v) is 6.68. The molecule has 10 heavy (non-hydrogen) atoms. The van der Waals surface area contributed by atoms with Gasteiger partial charge in [-0.2, -0.15) is 0 Å². The highest BCUT2D eigenvalue weighted by Gasteiger charge is 2.22. The van der Waals surface area contributed by atoms with Crippen LogP contribution in [0.3, 0.4) is 0 Å². The lowest BCUT2D eigenvalue weighted by atomic mass is 9.93. The molecule has 1 heterocycles. The lowest BCUT2D eigenvalue weighted by molar-refractivity contribution is -0.0248. The summed E-state index contributed by atoms with van der Waals surface area (Å²) in [5.74, 6) is 0.624. The Hall–Kier alpha value is -0.0800. The second kappa shape index (κ2) is 3.94. The van der Waals surface area contributed by atoms with E-state index in [0.717, 1.165) is 19.6 Å². The number of hydrogen-bond donors (Lipinski definition) is 1. The molecule has 2 N–H and O–H groups in total. The van der Waals surface area contributed by atoms with Crippen molar-refractivity contribution in [1.29, 1.82) is 0 Å². The summed E-state index contributed by atoms with van der Waals surface area (Å²) < 4.78 is 5.55. The van der Waals surface area contributed by atoms with E-state index in [2.05, 4.69) is 6.92 Å². The van der Waals surface area contributed by atoms with Crippen LogP contribution in [0.5, 0.6) is 0 Å². The minimum Gasteiger partial charge on any atom is -0.378 e. The Balaban J connectivity index is 2.34. The zero-order chi connectivity index (χ0) is 7.40. The first-order chi connectivity index (χ1) is 4.88. The molecule has 0 saturated carbocycles. The summed E-state index contributed by atoms with van der Waals surface area (Å²) >= 11 is 0. The summed E-state index contributed by atoms with van der Waals surface area (Å²) in [6, 6.07) is 0. The van der Waals surface area contributed by atoms with Crippen LogP contribution >= 0.6 is 0 Å². The zero-order valence-electron chi connectivity index (χ0n) is 6.68. The summed E-state index contributed by atoms with van der Waals surface area (Å²) in [7, 11) is 0. The van der Waals surface area contributed by atoms with E-state index in [4.69, 9.17) is 10.5 Å². The van der Waals surface area contributed by atoms with Crippen LogP contribution in [0.1, 0.15) is 26.2 Å². The molecule has 0 spiro atoms. The van der Waals surface area contributed by atoms with Crippen LogP contribution in [0.2, 0.25) is 0 Å². The van der Waals surface area contributed by atoms with Gasteiger partial charge >= 0.3 is 0 Å². The molecule has 1 saturated heterocycles. The fraction of sp³-hybridized carbons (Fsp3) is 1.00. The van der Waals surface area contributed by atoms with E-state index in [0.29, 0.717) is 12.0 Å². The smallest absolute Gasteiger partial charge is 0.0612 e. The molecule has 0 radical (unpaired) electrons. The lowest BCUT2D eigenvalue weighted by Gasteiger charge is -2.29. The molecule has 2 unspecified atom stereocenters.